The van der Waals surface area contributed by atoms with Crippen molar-refractivity contribution in [1.29, 1.82) is 0 Å². The topological polar surface area (TPSA) is 78.5 Å². The number of amides is 3. The molecule has 2 N–H and O–H groups in total. The summed E-state index contributed by atoms with van der Waals surface area (Å²) >= 11 is 0. The Balaban J connectivity index is 1.66. The molecule has 1 aliphatic heterocycles. The van der Waals surface area contributed by atoms with E-state index in [2.05, 4.69) is 10.6 Å². The van der Waals surface area contributed by atoms with Crippen LogP contribution in [0.25, 0.3) is 0 Å². The minimum absolute atomic E-state index is 0.217. The predicted octanol–water partition coefficient (Wildman–Crippen LogP) is 3.82. The fraction of sp³-hybridized carbons (Fsp3) is 0.0870. The van der Waals surface area contributed by atoms with Crippen molar-refractivity contribution in [2.75, 3.05) is 15.5 Å². The van der Waals surface area contributed by atoms with Crippen LogP contribution in [0.4, 0.5) is 21.5 Å². The number of carbonyl (C=O) groups is 3. The lowest BCUT2D eigenvalue weighted by Crippen LogP contribution is -2.52. The van der Waals surface area contributed by atoms with Crippen LogP contribution >= 0.6 is 0 Å². The van der Waals surface area contributed by atoms with Gasteiger partial charge in [0, 0.05) is 11.3 Å². The first-order chi connectivity index (χ1) is 14.5. The van der Waals surface area contributed by atoms with Crippen molar-refractivity contribution in [3.8, 4) is 0 Å². The van der Waals surface area contributed by atoms with Crippen molar-refractivity contribution < 1.29 is 18.8 Å². The highest BCUT2D eigenvalue weighted by molar-refractivity contribution is 6.17. The van der Waals surface area contributed by atoms with Crippen LogP contribution in [0.1, 0.15) is 16.8 Å². The van der Waals surface area contributed by atoms with Crippen LogP contribution in [0.2, 0.25) is 0 Å². The van der Waals surface area contributed by atoms with Gasteiger partial charge in [0.25, 0.3) is 5.91 Å². The van der Waals surface area contributed by atoms with E-state index in [1.807, 2.05) is 6.07 Å². The minimum Gasteiger partial charge on any atom is -0.326 e. The first-order valence-electron chi connectivity index (χ1n) is 9.37. The zero-order valence-corrected chi connectivity index (χ0v) is 15.8. The Labute approximate surface area is 172 Å². The molecule has 1 aliphatic rings. The second kappa shape index (κ2) is 8.16. The Morgan fingerprint density at radius 2 is 1.60 bits per heavy atom. The maximum absolute atomic E-state index is 13.3. The summed E-state index contributed by atoms with van der Waals surface area (Å²) in [6.07, 6.45) is -0.234. The molecule has 0 fully saturated rings. The van der Waals surface area contributed by atoms with Crippen molar-refractivity contribution in [3.63, 3.8) is 0 Å². The van der Waals surface area contributed by atoms with Crippen LogP contribution in [0, 0.1) is 5.82 Å². The van der Waals surface area contributed by atoms with Crippen LogP contribution in [-0.4, -0.2) is 23.8 Å². The largest absolute Gasteiger partial charge is 0.326 e. The normalized spacial score (nSPS) is 15.2. The molecule has 1 atom stereocenters. The lowest BCUT2D eigenvalue weighted by molar-refractivity contribution is -0.122. The van der Waals surface area contributed by atoms with Gasteiger partial charge >= 0.3 is 0 Å². The number of anilines is 3. The number of para-hydroxylation sites is 3. The van der Waals surface area contributed by atoms with E-state index in [4.69, 9.17) is 0 Å². The fourth-order valence-corrected chi connectivity index (χ4v) is 3.37. The zero-order chi connectivity index (χ0) is 21.1. The standard InChI is InChI=1S/C23H18FN3O3/c24-16-12-10-15(11-13-16)23(30)27-19-9-5-4-8-18(19)26-22(29)20(27)14-21(28)25-17-6-2-1-3-7-17/h1-13,20H,14H2,(H,25,28)(H,26,29)/t20-/m0/s1. The zero-order valence-electron chi connectivity index (χ0n) is 15.8. The Hall–Kier alpha value is -4.00. The van der Waals surface area contributed by atoms with E-state index in [1.54, 1.807) is 48.5 Å². The van der Waals surface area contributed by atoms with Gasteiger partial charge in [-0.05, 0) is 48.5 Å². The summed E-state index contributed by atoms with van der Waals surface area (Å²) < 4.78 is 13.3. The second-order valence-electron chi connectivity index (χ2n) is 6.82. The fourth-order valence-electron chi connectivity index (χ4n) is 3.37. The van der Waals surface area contributed by atoms with Gasteiger partial charge in [-0.1, -0.05) is 30.3 Å². The third-order valence-corrected chi connectivity index (χ3v) is 4.78. The Morgan fingerprint density at radius 3 is 2.33 bits per heavy atom. The number of hydrogen-bond donors (Lipinski definition) is 2. The number of hydrogen-bond acceptors (Lipinski definition) is 3. The molecule has 0 radical (unpaired) electrons. The molecule has 0 saturated heterocycles. The molecule has 3 aromatic rings. The summed E-state index contributed by atoms with van der Waals surface area (Å²) in [5, 5.41) is 5.49. The first kappa shape index (κ1) is 19.3. The number of carbonyl (C=O) groups excluding carboxylic acids is 3. The minimum atomic E-state index is -1.05. The number of fused-ring (bicyclic) bond motifs is 1. The van der Waals surface area contributed by atoms with Gasteiger partial charge in [-0.25, -0.2) is 4.39 Å². The average molecular weight is 403 g/mol. The van der Waals surface area contributed by atoms with Gasteiger partial charge in [0.15, 0.2) is 0 Å². The van der Waals surface area contributed by atoms with Gasteiger partial charge < -0.3 is 10.6 Å². The van der Waals surface area contributed by atoms with Gasteiger partial charge in [0.2, 0.25) is 11.8 Å². The van der Waals surface area contributed by atoms with E-state index in [0.29, 0.717) is 17.1 Å². The number of nitrogens with zero attached hydrogens (tertiary/aromatic N) is 1. The summed E-state index contributed by atoms with van der Waals surface area (Å²) in [7, 11) is 0. The van der Waals surface area contributed by atoms with E-state index >= 15 is 0 Å². The summed E-state index contributed by atoms with van der Waals surface area (Å²) in [5.41, 5.74) is 1.76. The molecule has 0 unspecified atom stereocenters. The third-order valence-electron chi connectivity index (χ3n) is 4.78. The third kappa shape index (κ3) is 3.91. The number of rotatable bonds is 4. The lowest BCUT2D eigenvalue weighted by Gasteiger charge is -2.36. The predicted molar refractivity (Wildman–Crippen MR) is 112 cm³/mol. The highest BCUT2D eigenvalue weighted by atomic mass is 19.1. The molecule has 6 nitrogen and oxygen atoms in total. The molecule has 0 bridgehead atoms. The summed E-state index contributed by atoms with van der Waals surface area (Å²) in [5.74, 6) is -1.83. The molecule has 30 heavy (non-hydrogen) atoms. The van der Waals surface area contributed by atoms with Crippen LogP contribution in [0.15, 0.2) is 78.9 Å². The Morgan fingerprint density at radius 1 is 0.933 bits per heavy atom. The van der Waals surface area contributed by atoms with E-state index in [1.165, 1.54) is 29.2 Å². The Kier molecular flexibility index (Phi) is 5.26. The maximum atomic E-state index is 13.3. The molecule has 0 saturated carbocycles. The van der Waals surface area contributed by atoms with Gasteiger partial charge in [0.1, 0.15) is 11.9 Å². The van der Waals surface area contributed by atoms with E-state index in [-0.39, 0.29) is 12.0 Å². The molecule has 0 aliphatic carbocycles. The second-order valence-corrected chi connectivity index (χ2v) is 6.82. The van der Waals surface area contributed by atoms with Crippen molar-refractivity contribution >= 4 is 34.8 Å². The molecule has 3 aromatic carbocycles. The Bertz CT molecular complexity index is 1100. The van der Waals surface area contributed by atoms with E-state index < -0.39 is 29.6 Å². The van der Waals surface area contributed by atoms with Crippen molar-refractivity contribution in [2.24, 2.45) is 0 Å². The molecule has 0 aromatic heterocycles. The number of benzene rings is 3. The lowest BCUT2D eigenvalue weighted by atomic mass is 10.0. The van der Waals surface area contributed by atoms with Gasteiger partial charge in [-0.15, -0.1) is 0 Å². The molecular weight excluding hydrogens is 385 g/mol. The van der Waals surface area contributed by atoms with Gasteiger partial charge in [-0.3, -0.25) is 19.3 Å². The van der Waals surface area contributed by atoms with E-state index in [9.17, 15) is 18.8 Å². The summed E-state index contributed by atoms with van der Waals surface area (Å²) in [6.45, 7) is 0. The molecule has 4 rings (SSSR count). The van der Waals surface area contributed by atoms with Crippen LogP contribution < -0.4 is 15.5 Å². The van der Waals surface area contributed by atoms with Crippen LogP contribution in [0.3, 0.4) is 0 Å². The van der Waals surface area contributed by atoms with Crippen LogP contribution in [0.5, 0.6) is 0 Å². The van der Waals surface area contributed by atoms with Crippen LogP contribution in [-0.2, 0) is 9.59 Å². The summed E-state index contributed by atoms with van der Waals surface area (Å²) in [6, 6.07) is 19.7. The van der Waals surface area contributed by atoms with Crippen molar-refractivity contribution in [2.45, 2.75) is 12.5 Å². The number of nitrogens with one attached hydrogen (secondary N) is 2. The van der Waals surface area contributed by atoms with Gasteiger partial charge in [-0.2, -0.15) is 0 Å². The molecular formula is C23H18FN3O3. The van der Waals surface area contributed by atoms with E-state index in [0.717, 1.165) is 0 Å². The van der Waals surface area contributed by atoms with Crippen molar-refractivity contribution in [3.05, 3.63) is 90.2 Å². The highest BCUT2D eigenvalue weighted by Crippen LogP contribution is 2.34. The molecule has 3 amide bonds. The molecule has 0 spiro atoms. The smallest absolute Gasteiger partial charge is 0.259 e. The SMILES string of the molecule is O=C(C[C@H]1C(=O)Nc2ccccc2N1C(=O)c1ccc(F)cc1)Nc1ccccc1. The average Bonchev–Trinajstić information content (AvgIpc) is 2.75. The monoisotopic (exact) mass is 403 g/mol. The van der Waals surface area contributed by atoms with Gasteiger partial charge in [0.05, 0.1) is 17.8 Å². The molecule has 150 valence electrons. The molecule has 1 heterocycles. The first-order valence-corrected chi connectivity index (χ1v) is 9.37. The number of halogens is 1. The quantitative estimate of drug-likeness (QED) is 0.695. The highest BCUT2D eigenvalue weighted by Gasteiger charge is 2.38. The summed E-state index contributed by atoms with van der Waals surface area (Å²) in [4.78, 5) is 40.0. The van der Waals surface area contributed by atoms with Crippen molar-refractivity contribution in [1.82, 2.24) is 0 Å². The molecule has 7 heteroatoms. The maximum Gasteiger partial charge on any atom is 0.259 e.